The Bertz CT molecular complexity index is 686. The van der Waals surface area contributed by atoms with Crippen LogP contribution in [0.5, 0.6) is 0 Å². The predicted octanol–water partition coefficient (Wildman–Crippen LogP) is 7.31. The van der Waals surface area contributed by atoms with E-state index in [9.17, 15) is 9.59 Å². The minimum atomic E-state index is -0.352. The largest absolute Gasteiger partial charge is 0.462 e. The van der Waals surface area contributed by atoms with E-state index in [4.69, 9.17) is 4.74 Å². The average Bonchev–Trinajstić information content (AvgIpc) is 2.85. The maximum Gasteiger partial charge on any atom is 0.338 e. The molecule has 2 aliphatic rings. The van der Waals surface area contributed by atoms with Crippen LogP contribution < -0.4 is 0 Å². The summed E-state index contributed by atoms with van der Waals surface area (Å²) in [6.45, 7) is 2.65. The van der Waals surface area contributed by atoms with Crippen LogP contribution in [0.3, 0.4) is 0 Å². The molecule has 4 heteroatoms. The molecule has 0 unspecified atom stereocenters. The molecule has 2 saturated carbocycles. The maximum atomic E-state index is 13.9. The van der Waals surface area contributed by atoms with Crippen LogP contribution in [-0.2, 0) is 4.74 Å². The number of ether oxygens (including phenoxy) is 1. The van der Waals surface area contributed by atoms with Crippen molar-refractivity contribution >= 4 is 11.9 Å². The number of carbonyl (C=O) groups excluding carboxylic acids is 2. The van der Waals surface area contributed by atoms with Gasteiger partial charge in [-0.05, 0) is 44.2 Å². The predicted molar refractivity (Wildman–Crippen MR) is 130 cm³/mol. The van der Waals surface area contributed by atoms with Crippen molar-refractivity contribution in [3.8, 4) is 0 Å². The number of nitrogens with zero attached hydrogens (tertiary/aromatic N) is 1. The van der Waals surface area contributed by atoms with E-state index in [0.717, 1.165) is 38.5 Å². The molecule has 0 radical (unpaired) electrons. The molecule has 0 spiro atoms. The Morgan fingerprint density at radius 3 is 1.91 bits per heavy atom. The highest BCUT2D eigenvalue weighted by atomic mass is 16.5. The van der Waals surface area contributed by atoms with Crippen LogP contribution >= 0.6 is 0 Å². The van der Waals surface area contributed by atoms with Gasteiger partial charge < -0.3 is 9.64 Å². The summed E-state index contributed by atoms with van der Waals surface area (Å²) in [7, 11) is 0. The zero-order valence-corrected chi connectivity index (χ0v) is 20.2. The molecule has 178 valence electrons. The van der Waals surface area contributed by atoms with Gasteiger partial charge >= 0.3 is 5.97 Å². The van der Waals surface area contributed by atoms with Crippen molar-refractivity contribution in [2.75, 3.05) is 6.61 Å². The number of unbranched alkanes of at least 4 members (excludes halogenated alkanes) is 5. The Balaban J connectivity index is 1.67. The summed E-state index contributed by atoms with van der Waals surface area (Å²) in [6, 6.07) is 7.92. The number of benzene rings is 1. The van der Waals surface area contributed by atoms with Gasteiger partial charge in [0.25, 0.3) is 5.91 Å². The van der Waals surface area contributed by atoms with Crippen molar-refractivity contribution < 1.29 is 14.3 Å². The Morgan fingerprint density at radius 1 is 0.781 bits per heavy atom. The summed E-state index contributed by atoms with van der Waals surface area (Å²) in [6.07, 6.45) is 18.6. The second kappa shape index (κ2) is 13.6. The third-order valence-corrected chi connectivity index (χ3v) is 7.28. The van der Waals surface area contributed by atoms with Gasteiger partial charge in [0, 0.05) is 12.1 Å². The van der Waals surface area contributed by atoms with E-state index < -0.39 is 0 Å². The van der Waals surface area contributed by atoms with Crippen LogP contribution in [0.15, 0.2) is 24.3 Å². The van der Waals surface area contributed by atoms with Gasteiger partial charge in [0.2, 0.25) is 0 Å². The second-order valence-electron chi connectivity index (χ2n) is 9.75. The molecule has 3 rings (SSSR count). The highest BCUT2D eigenvalue weighted by Crippen LogP contribution is 2.32. The number of rotatable bonds is 11. The maximum absolute atomic E-state index is 13.9. The molecule has 2 fully saturated rings. The number of hydrogen-bond donors (Lipinski definition) is 0. The van der Waals surface area contributed by atoms with Crippen LogP contribution in [0.2, 0.25) is 0 Å². The average molecular weight is 442 g/mol. The summed E-state index contributed by atoms with van der Waals surface area (Å²) in [5, 5.41) is 0. The quantitative estimate of drug-likeness (QED) is 0.267. The van der Waals surface area contributed by atoms with Crippen molar-refractivity contribution in [3.63, 3.8) is 0 Å². The van der Waals surface area contributed by atoms with Gasteiger partial charge in [0.1, 0.15) is 0 Å². The summed E-state index contributed by atoms with van der Waals surface area (Å²) in [5.74, 6) is -0.314. The monoisotopic (exact) mass is 441 g/mol. The first kappa shape index (κ1) is 24.8. The third-order valence-electron chi connectivity index (χ3n) is 7.28. The zero-order chi connectivity index (χ0) is 22.6. The van der Waals surface area contributed by atoms with Crippen LogP contribution in [0.4, 0.5) is 0 Å². The molecule has 32 heavy (non-hydrogen) atoms. The molecule has 0 heterocycles. The van der Waals surface area contributed by atoms with Gasteiger partial charge in [-0.25, -0.2) is 4.79 Å². The molecule has 0 aliphatic heterocycles. The SMILES string of the molecule is CCCCCCCCOC(=O)c1ccccc1C(=O)N(C1CCCCC1)C1CCCCC1. The molecular weight excluding hydrogens is 398 g/mol. The Labute approximate surface area is 195 Å². The van der Waals surface area contributed by atoms with Gasteiger partial charge in [0.05, 0.1) is 17.7 Å². The summed E-state index contributed by atoms with van der Waals surface area (Å²) in [4.78, 5) is 28.9. The van der Waals surface area contributed by atoms with Gasteiger partial charge in [-0.2, -0.15) is 0 Å². The van der Waals surface area contributed by atoms with E-state index in [1.807, 2.05) is 18.2 Å². The van der Waals surface area contributed by atoms with Crippen molar-refractivity contribution in [2.45, 2.75) is 122 Å². The second-order valence-corrected chi connectivity index (χ2v) is 9.75. The van der Waals surface area contributed by atoms with Crippen LogP contribution in [-0.4, -0.2) is 35.5 Å². The fourth-order valence-electron chi connectivity index (χ4n) is 5.46. The molecule has 1 aromatic rings. The molecule has 1 aromatic carbocycles. The van der Waals surface area contributed by atoms with Crippen LogP contribution in [0, 0.1) is 0 Å². The lowest BCUT2D eigenvalue weighted by Crippen LogP contribution is -2.49. The lowest BCUT2D eigenvalue weighted by molar-refractivity contribution is 0.0423. The number of amides is 1. The van der Waals surface area contributed by atoms with Crippen molar-refractivity contribution in [1.29, 1.82) is 0 Å². The normalized spacial score (nSPS) is 17.8. The van der Waals surface area contributed by atoms with Crippen LogP contribution in [0.25, 0.3) is 0 Å². The lowest BCUT2D eigenvalue weighted by Gasteiger charge is -2.42. The van der Waals surface area contributed by atoms with E-state index >= 15 is 0 Å². The van der Waals surface area contributed by atoms with Gasteiger partial charge in [-0.15, -0.1) is 0 Å². The Kier molecular flexibility index (Phi) is 10.6. The standard InChI is InChI=1S/C28H43NO3/c1-2-3-4-5-6-15-22-32-28(31)26-21-14-13-20-25(26)27(30)29(23-16-9-7-10-17-23)24-18-11-8-12-19-24/h13-14,20-21,23-24H,2-12,15-19,22H2,1H3. The summed E-state index contributed by atoms with van der Waals surface area (Å²) < 4.78 is 5.59. The highest BCUT2D eigenvalue weighted by Gasteiger charge is 2.34. The molecular formula is C28H43NO3. The molecule has 0 aromatic heterocycles. The summed E-state index contributed by atoms with van der Waals surface area (Å²) in [5.41, 5.74) is 0.955. The van der Waals surface area contributed by atoms with E-state index in [-0.39, 0.29) is 11.9 Å². The van der Waals surface area contributed by atoms with Gasteiger partial charge in [0.15, 0.2) is 0 Å². The number of hydrogen-bond acceptors (Lipinski definition) is 3. The molecule has 1 amide bonds. The van der Waals surface area contributed by atoms with Crippen molar-refractivity contribution in [1.82, 2.24) is 4.90 Å². The third kappa shape index (κ3) is 7.08. The molecule has 0 atom stereocenters. The Hall–Kier alpha value is -1.84. The first-order valence-corrected chi connectivity index (χ1v) is 13.3. The van der Waals surface area contributed by atoms with Crippen molar-refractivity contribution in [2.24, 2.45) is 0 Å². The molecule has 0 N–H and O–H groups in total. The molecule has 2 aliphatic carbocycles. The first-order valence-electron chi connectivity index (χ1n) is 13.3. The fraction of sp³-hybridized carbons (Fsp3) is 0.714. The van der Waals surface area contributed by atoms with E-state index in [2.05, 4.69) is 11.8 Å². The highest BCUT2D eigenvalue weighted by molar-refractivity contribution is 6.05. The summed E-state index contributed by atoms with van der Waals surface area (Å²) >= 11 is 0. The zero-order valence-electron chi connectivity index (χ0n) is 20.2. The number of esters is 1. The Morgan fingerprint density at radius 2 is 1.31 bits per heavy atom. The van der Waals surface area contributed by atoms with Gasteiger partial charge in [-0.1, -0.05) is 89.7 Å². The minimum absolute atomic E-state index is 0.0379. The lowest BCUT2D eigenvalue weighted by atomic mass is 9.87. The van der Waals surface area contributed by atoms with Crippen LogP contribution in [0.1, 0.15) is 130 Å². The molecule has 4 nitrogen and oxygen atoms in total. The fourth-order valence-corrected chi connectivity index (χ4v) is 5.46. The van der Waals surface area contributed by atoms with E-state index in [1.165, 1.54) is 64.2 Å². The van der Waals surface area contributed by atoms with E-state index in [1.54, 1.807) is 6.07 Å². The minimum Gasteiger partial charge on any atom is -0.462 e. The molecule has 0 bridgehead atoms. The first-order chi connectivity index (χ1) is 15.7. The van der Waals surface area contributed by atoms with Crippen molar-refractivity contribution in [3.05, 3.63) is 35.4 Å². The van der Waals surface area contributed by atoms with E-state index in [0.29, 0.717) is 29.8 Å². The number of carbonyl (C=O) groups is 2. The van der Waals surface area contributed by atoms with Gasteiger partial charge in [-0.3, -0.25) is 4.79 Å². The molecule has 0 saturated heterocycles. The smallest absolute Gasteiger partial charge is 0.338 e. The topological polar surface area (TPSA) is 46.6 Å².